The van der Waals surface area contributed by atoms with Gasteiger partial charge in [0.05, 0.1) is 6.04 Å². The molecule has 0 saturated heterocycles. The summed E-state index contributed by atoms with van der Waals surface area (Å²) < 4.78 is 14.2. The molecule has 2 heterocycles. The number of hydrogen-bond donors (Lipinski definition) is 1. The molecule has 1 aliphatic rings. The van der Waals surface area contributed by atoms with Gasteiger partial charge >= 0.3 is 11.8 Å². The van der Waals surface area contributed by atoms with Gasteiger partial charge in [-0.25, -0.2) is 9.37 Å². The first-order chi connectivity index (χ1) is 14.6. The Labute approximate surface area is 177 Å². The number of ketones is 1. The van der Waals surface area contributed by atoms with Gasteiger partial charge in [-0.1, -0.05) is 12.1 Å². The molecule has 2 aromatic rings. The third kappa shape index (κ3) is 4.32. The molecule has 1 aromatic heterocycles. The van der Waals surface area contributed by atoms with E-state index in [9.17, 15) is 28.7 Å². The fourth-order valence-electron chi connectivity index (χ4n) is 3.45. The van der Waals surface area contributed by atoms with Crippen molar-refractivity contribution >= 4 is 17.6 Å². The number of aryl methyl sites for hydroxylation is 1. The van der Waals surface area contributed by atoms with E-state index >= 15 is 0 Å². The van der Waals surface area contributed by atoms with E-state index in [2.05, 4.69) is 4.98 Å². The summed E-state index contributed by atoms with van der Waals surface area (Å²) >= 11 is 0. The van der Waals surface area contributed by atoms with Crippen molar-refractivity contribution < 1.29 is 23.9 Å². The Morgan fingerprint density at radius 2 is 1.84 bits per heavy atom. The van der Waals surface area contributed by atoms with Gasteiger partial charge in [-0.2, -0.15) is 0 Å². The van der Waals surface area contributed by atoms with Gasteiger partial charge in [-0.3, -0.25) is 23.7 Å². The number of fused-ring (bicyclic) bond motifs is 1. The van der Waals surface area contributed by atoms with Crippen LogP contribution in [0.25, 0.3) is 0 Å². The molecular formula is C21H23FN4O5. The Balaban J connectivity index is 1.88. The third-order valence-corrected chi connectivity index (χ3v) is 5.25. The predicted octanol–water partition coefficient (Wildman–Crippen LogP) is 0.895. The number of rotatable bonds is 4. The number of aromatic nitrogens is 2. The molecule has 0 fully saturated rings. The summed E-state index contributed by atoms with van der Waals surface area (Å²) in [6, 6.07) is 4.91. The van der Waals surface area contributed by atoms with Crippen molar-refractivity contribution in [1.29, 1.82) is 0 Å². The lowest BCUT2D eigenvalue weighted by atomic mass is 10.0. The van der Waals surface area contributed by atoms with Crippen LogP contribution in [-0.2, 0) is 22.6 Å². The van der Waals surface area contributed by atoms with Crippen LogP contribution in [0.5, 0.6) is 5.75 Å². The predicted molar refractivity (Wildman–Crippen MR) is 108 cm³/mol. The first-order valence-electron chi connectivity index (χ1n) is 9.75. The van der Waals surface area contributed by atoms with Gasteiger partial charge < -0.3 is 14.9 Å². The molecule has 0 spiro atoms. The molecule has 1 aromatic carbocycles. The van der Waals surface area contributed by atoms with E-state index in [0.29, 0.717) is 0 Å². The molecule has 0 bridgehead atoms. The lowest BCUT2D eigenvalue weighted by Gasteiger charge is -2.35. The number of aromatic hydroxyl groups is 1. The zero-order valence-corrected chi connectivity index (χ0v) is 17.5. The van der Waals surface area contributed by atoms with Gasteiger partial charge in [-0.05, 0) is 31.0 Å². The standard InChI is InChI=1S/C21H23FN4O5/c1-12-18-23-16(15(27)9-6-13-4-7-14(22)8-5-13)17(28)19(29)26(18)11-10-25(12)21(31)20(30)24(2)3/h4-5,7-8,12,28H,6,9-11H2,1-3H3. The summed E-state index contributed by atoms with van der Waals surface area (Å²) in [5.41, 5.74) is -0.428. The normalized spacial score (nSPS) is 15.4. The average molecular weight is 430 g/mol. The summed E-state index contributed by atoms with van der Waals surface area (Å²) in [4.78, 5) is 56.5. The number of nitrogens with zero attached hydrogens (tertiary/aromatic N) is 4. The minimum atomic E-state index is -0.770. The van der Waals surface area contributed by atoms with Gasteiger partial charge in [0.25, 0.3) is 5.56 Å². The number of benzene rings is 1. The van der Waals surface area contributed by atoms with Gasteiger partial charge in [0.1, 0.15) is 11.6 Å². The number of amides is 2. The van der Waals surface area contributed by atoms with Crippen LogP contribution in [0.2, 0.25) is 0 Å². The zero-order valence-electron chi connectivity index (χ0n) is 17.5. The van der Waals surface area contributed by atoms with Crippen LogP contribution in [0.1, 0.15) is 41.3 Å². The lowest BCUT2D eigenvalue weighted by Crippen LogP contribution is -2.50. The smallest absolute Gasteiger partial charge is 0.312 e. The number of carbonyl (C=O) groups excluding carboxylic acids is 3. The molecule has 31 heavy (non-hydrogen) atoms. The third-order valence-electron chi connectivity index (χ3n) is 5.25. The summed E-state index contributed by atoms with van der Waals surface area (Å²) in [7, 11) is 2.92. The zero-order chi connectivity index (χ0) is 22.9. The highest BCUT2D eigenvalue weighted by Crippen LogP contribution is 2.25. The molecule has 0 saturated carbocycles. The number of Topliss-reactive ketones (excluding diaryl/α,β-unsaturated/α-hetero) is 1. The highest BCUT2D eigenvalue weighted by Gasteiger charge is 2.35. The van der Waals surface area contributed by atoms with E-state index in [1.807, 2.05) is 0 Å². The summed E-state index contributed by atoms with van der Waals surface area (Å²) in [5, 5.41) is 10.3. The van der Waals surface area contributed by atoms with Crippen molar-refractivity contribution in [3.8, 4) is 5.75 Å². The highest BCUT2D eigenvalue weighted by atomic mass is 19.1. The first kappa shape index (κ1) is 22.1. The van der Waals surface area contributed by atoms with Crippen molar-refractivity contribution in [3.63, 3.8) is 0 Å². The minimum absolute atomic E-state index is 0.0373. The van der Waals surface area contributed by atoms with E-state index in [1.54, 1.807) is 19.1 Å². The molecule has 164 valence electrons. The van der Waals surface area contributed by atoms with Crippen molar-refractivity contribution in [2.45, 2.75) is 32.4 Å². The molecular weight excluding hydrogens is 407 g/mol. The Morgan fingerprint density at radius 3 is 2.45 bits per heavy atom. The van der Waals surface area contributed by atoms with Gasteiger partial charge in [0.2, 0.25) is 5.75 Å². The van der Waals surface area contributed by atoms with Crippen LogP contribution < -0.4 is 5.56 Å². The van der Waals surface area contributed by atoms with E-state index in [4.69, 9.17) is 0 Å². The largest absolute Gasteiger partial charge is 0.501 e. The second-order valence-corrected chi connectivity index (χ2v) is 7.55. The Kier molecular flexibility index (Phi) is 6.19. The molecule has 0 aliphatic carbocycles. The van der Waals surface area contributed by atoms with Crippen molar-refractivity contribution in [3.05, 3.63) is 57.5 Å². The molecule has 3 rings (SSSR count). The maximum atomic E-state index is 13.0. The number of likely N-dealkylation sites (N-methyl/N-ethyl adjacent to an activating group) is 1. The van der Waals surface area contributed by atoms with Crippen LogP contribution in [0.15, 0.2) is 29.1 Å². The van der Waals surface area contributed by atoms with E-state index in [-0.39, 0.29) is 37.4 Å². The Bertz CT molecular complexity index is 1090. The number of carbonyl (C=O) groups is 3. The number of hydrogen-bond acceptors (Lipinski definition) is 6. The second kappa shape index (κ2) is 8.66. The lowest BCUT2D eigenvalue weighted by molar-refractivity contribution is -0.152. The molecule has 2 amide bonds. The van der Waals surface area contributed by atoms with Crippen LogP contribution >= 0.6 is 0 Å². The van der Waals surface area contributed by atoms with E-state index in [0.717, 1.165) is 10.5 Å². The fraction of sp³-hybridized carbons (Fsp3) is 0.381. The summed E-state index contributed by atoms with van der Waals surface area (Å²) in [5.74, 6) is -3.02. The molecule has 1 aliphatic heterocycles. The minimum Gasteiger partial charge on any atom is -0.501 e. The average Bonchev–Trinajstić information content (AvgIpc) is 2.74. The monoisotopic (exact) mass is 430 g/mol. The number of halogens is 1. The molecule has 1 atom stereocenters. The van der Waals surface area contributed by atoms with Crippen LogP contribution in [0.3, 0.4) is 0 Å². The molecule has 0 radical (unpaired) electrons. The van der Waals surface area contributed by atoms with Crippen molar-refractivity contribution in [2.75, 3.05) is 20.6 Å². The maximum absolute atomic E-state index is 13.0. The fourth-order valence-corrected chi connectivity index (χ4v) is 3.45. The summed E-state index contributed by atoms with van der Waals surface area (Å²) in [6.45, 7) is 1.73. The van der Waals surface area contributed by atoms with Gasteiger partial charge in [-0.15, -0.1) is 0 Å². The van der Waals surface area contributed by atoms with Crippen LogP contribution in [0.4, 0.5) is 4.39 Å². The molecule has 9 nitrogen and oxygen atoms in total. The van der Waals surface area contributed by atoms with Crippen molar-refractivity contribution in [2.24, 2.45) is 0 Å². The van der Waals surface area contributed by atoms with Gasteiger partial charge in [0.15, 0.2) is 11.5 Å². The van der Waals surface area contributed by atoms with Crippen LogP contribution in [-0.4, -0.2) is 62.7 Å². The molecule has 1 unspecified atom stereocenters. The van der Waals surface area contributed by atoms with Gasteiger partial charge in [0, 0.05) is 33.6 Å². The Hall–Kier alpha value is -3.56. The van der Waals surface area contributed by atoms with Crippen LogP contribution in [0, 0.1) is 5.82 Å². The maximum Gasteiger partial charge on any atom is 0.312 e. The molecule has 1 N–H and O–H groups in total. The summed E-state index contributed by atoms with van der Waals surface area (Å²) in [6.07, 6.45) is 0.224. The Morgan fingerprint density at radius 1 is 1.19 bits per heavy atom. The first-order valence-corrected chi connectivity index (χ1v) is 9.75. The topological polar surface area (TPSA) is 113 Å². The SMILES string of the molecule is CC1c2nc(C(=O)CCc3ccc(F)cc3)c(O)c(=O)n2CCN1C(=O)C(=O)N(C)C. The van der Waals surface area contributed by atoms with E-state index < -0.39 is 40.8 Å². The quantitative estimate of drug-likeness (QED) is 0.570. The van der Waals surface area contributed by atoms with E-state index in [1.165, 1.54) is 35.7 Å². The highest BCUT2D eigenvalue weighted by molar-refractivity contribution is 6.34. The second-order valence-electron chi connectivity index (χ2n) is 7.55. The molecule has 10 heteroatoms. The van der Waals surface area contributed by atoms with Crippen molar-refractivity contribution in [1.82, 2.24) is 19.4 Å².